The molecule has 0 aromatic carbocycles. The lowest BCUT2D eigenvalue weighted by Crippen LogP contribution is -2.48. The Hall–Kier alpha value is -1.25. The normalized spacial score (nSPS) is 17.1. The fraction of sp³-hybridized carbons (Fsp3) is 0.625. The van der Waals surface area contributed by atoms with Gasteiger partial charge in [-0.2, -0.15) is 0 Å². The van der Waals surface area contributed by atoms with E-state index in [1.54, 1.807) is 7.05 Å². The first-order chi connectivity index (χ1) is 7.79. The SMILES string of the molecule is CNc1nnc(C(=O)NN2CCOCC2)s1. The zero-order chi connectivity index (χ0) is 11.4. The van der Waals surface area contributed by atoms with E-state index in [0.29, 0.717) is 36.4 Å². The number of nitrogens with one attached hydrogen (secondary N) is 2. The van der Waals surface area contributed by atoms with Gasteiger partial charge in [0.05, 0.1) is 13.2 Å². The Morgan fingerprint density at radius 1 is 1.44 bits per heavy atom. The molecule has 0 atom stereocenters. The molecule has 1 aromatic rings. The van der Waals surface area contributed by atoms with Crippen molar-refractivity contribution < 1.29 is 9.53 Å². The number of ether oxygens (including phenoxy) is 1. The van der Waals surface area contributed by atoms with Gasteiger partial charge in [-0.15, -0.1) is 10.2 Å². The molecule has 0 unspecified atom stereocenters. The molecule has 16 heavy (non-hydrogen) atoms. The number of aromatic nitrogens is 2. The molecular formula is C8H13N5O2S. The molecule has 1 aliphatic rings. The van der Waals surface area contributed by atoms with Crippen LogP contribution in [0.5, 0.6) is 0 Å². The number of hydrogen-bond acceptors (Lipinski definition) is 7. The average molecular weight is 243 g/mol. The Bertz CT molecular complexity index is 363. The lowest BCUT2D eigenvalue weighted by Gasteiger charge is -2.26. The third-order valence-electron chi connectivity index (χ3n) is 2.10. The van der Waals surface area contributed by atoms with Crippen molar-refractivity contribution in [3.05, 3.63) is 5.01 Å². The average Bonchev–Trinajstić information content (AvgIpc) is 2.79. The van der Waals surface area contributed by atoms with Crippen molar-refractivity contribution in [2.24, 2.45) is 0 Å². The van der Waals surface area contributed by atoms with Gasteiger partial charge >= 0.3 is 0 Å². The molecule has 2 rings (SSSR count). The third-order valence-corrected chi connectivity index (χ3v) is 3.04. The molecule has 1 fully saturated rings. The molecule has 1 amide bonds. The van der Waals surface area contributed by atoms with Gasteiger partial charge in [0.2, 0.25) is 10.1 Å². The number of nitrogens with zero attached hydrogens (tertiary/aromatic N) is 3. The highest BCUT2D eigenvalue weighted by Gasteiger charge is 2.17. The number of rotatable bonds is 3. The molecule has 8 heteroatoms. The van der Waals surface area contributed by atoms with Crippen molar-refractivity contribution in [1.82, 2.24) is 20.6 Å². The lowest BCUT2D eigenvalue weighted by atomic mass is 10.5. The van der Waals surface area contributed by atoms with E-state index in [0.717, 1.165) is 0 Å². The Morgan fingerprint density at radius 3 is 2.81 bits per heavy atom. The van der Waals surface area contributed by atoms with E-state index in [9.17, 15) is 4.79 Å². The van der Waals surface area contributed by atoms with Gasteiger partial charge in [0.15, 0.2) is 0 Å². The summed E-state index contributed by atoms with van der Waals surface area (Å²) in [7, 11) is 1.74. The van der Waals surface area contributed by atoms with Crippen LogP contribution in [-0.4, -0.2) is 54.5 Å². The van der Waals surface area contributed by atoms with Crippen molar-refractivity contribution in [3.63, 3.8) is 0 Å². The summed E-state index contributed by atoms with van der Waals surface area (Å²) in [6.07, 6.45) is 0. The largest absolute Gasteiger partial charge is 0.379 e. The highest BCUT2D eigenvalue weighted by Crippen LogP contribution is 2.13. The van der Waals surface area contributed by atoms with Gasteiger partial charge in [-0.05, 0) is 0 Å². The predicted molar refractivity (Wildman–Crippen MR) is 59.3 cm³/mol. The minimum atomic E-state index is -0.221. The molecule has 0 radical (unpaired) electrons. The first kappa shape index (κ1) is 11.2. The standard InChI is InChI=1S/C8H13N5O2S/c1-9-8-11-10-7(16-8)6(14)12-13-2-4-15-5-3-13/h2-5H2,1H3,(H,9,11)(H,12,14). The Balaban J connectivity index is 1.91. The maximum Gasteiger partial charge on any atom is 0.296 e. The molecule has 0 spiro atoms. The first-order valence-corrected chi connectivity index (χ1v) is 5.76. The molecule has 0 saturated carbocycles. The molecule has 0 bridgehead atoms. The summed E-state index contributed by atoms with van der Waals surface area (Å²) in [6, 6.07) is 0. The van der Waals surface area contributed by atoms with Crippen molar-refractivity contribution in [2.75, 3.05) is 38.7 Å². The van der Waals surface area contributed by atoms with Crippen LogP contribution in [0.2, 0.25) is 0 Å². The summed E-state index contributed by atoms with van der Waals surface area (Å²) in [5.74, 6) is -0.221. The van der Waals surface area contributed by atoms with Gasteiger partial charge in [0, 0.05) is 20.1 Å². The zero-order valence-corrected chi connectivity index (χ0v) is 9.71. The van der Waals surface area contributed by atoms with Crippen LogP contribution in [0.4, 0.5) is 5.13 Å². The first-order valence-electron chi connectivity index (χ1n) is 4.94. The highest BCUT2D eigenvalue weighted by atomic mass is 32.1. The van der Waals surface area contributed by atoms with E-state index in [4.69, 9.17) is 4.74 Å². The Kier molecular flexibility index (Phi) is 3.65. The van der Waals surface area contributed by atoms with Crippen molar-refractivity contribution >= 4 is 22.4 Å². The van der Waals surface area contributed by atoms with E-state index in [1.807, 2.05) is 5.01 Å². The molecule has 1 saturated heterocycles. The van der Waals surface area contributed by atoms with E-state index in [1.165, 1.54) is 11.3 Å². The van der Waals surface area contributed by atoms with Crippen molar-refractivity contribution in [1.29, 1.82) is 0 Å². The van der Waals surface area contributed by atoms with Crippen LogP contribution in [0.15, 0.2) is 0 Å². The van der Waals surface area contributed by atoms with Gasteiger partial charge in [-0.25, -0.2) is 5.01 Å². The number of carbonyl (C=O) groups is 1. The lowest BCUT2D eigenvalue weighted by molar-refractivity contribution is 0.0126. The summed E-state index contributed by atoms with van der Waals surface area (Å²) in [6.45, 7) is 2.67. The number of hydrazine groups is 1. The third kappa shape index (κ3) is 2.65. The Labute approximate surface area is 96.8 Å². The van der Waals surface area contributed by atoms with Crippen LogP contribution < -0.4 is 10.7 Å². The monoisotopic (exact) mass is 243 g/mol. The fourth-order valence-corrected chi connectivity index (χ4v) is 1.87. The minimum Gasteiger partial charge on any atom is -0.379 e. The number of carbonyl (C=O) groups excluding carboxylic acids is 1. The maximum absolute atomic E-state index is 11.7. The maximum atomic E-state index is 11.7. The summed E-state index contributed by atoms with van der Waals surface area (Å²) in [5, 5.41) is 13.2. The minimum absolute atomic E-state index is 0.221. The fourth-order valence-electron chi connectivity index (χ4n) is 1.28. The molecule has 88 valence electrons. The number of morpholine rings is 1. The zero-order valence-electron chi connectivity index (χ0n) is 8.89. The van der Waals surface area contributed by atoms with Crippen LogP contribution in [0, 0.1) is 0 Å². The topological polar surface area (TPSA) is 79.4 Å². The molecule has 2 heterocycles. The number of anilines is 1. The van der Waals surface area contributed by atoms with Crippen LogP contribution >= 0.6 is 11.3 Å². The summed E-state index contributed by atoms with van der Waals surface area (Å²) in [4.78, 5) is 11.7. The molecule has 1 aromatic heterocycles. The van der Waals surface area contributed by atoms with Crippen LogP contribution in [0.1, 0.15) is 9.80 Å². The second kappa shape index (κ2) is 5.19. The second-order valence-corrected chi connectivity index (χ2v) is 4.18. The van der Waals surface area contributed by atoms with Crippen molar-refractivity contribution in [3.8, 4) is 0 Å². The van der Waals surface area contributed by atoms with Gasteiger partial charge in [0.1, 0.15) is 0 Å². The summed E-state index contributed by atoms with van der Waals surface area (Å²) >= 11 is 1.23. The molecule has 1 aliphatic heterocycles. The van der Waals surface area contributed by atoms with Gasteiger partial charge < -0.3 is 10.1 Å². The van der Waals surface area contributed by atoms with E-state index < -0.39 is 0 Å². The molecule has 7 nitrogen and oxygen atoms in total. The molecule has 2 N–H and O–H groups in total. The summed E-state index contributed by atoms with van der Waals surface area (Å²) in [5.41, 5.74) is 2.77. The van der Waals surface area contributed by atoms with E-state index >= 15 is 0 Å². The van der Waals surface area contributed by atoms with E-state index in [-0.39, 0.29) is 5.91 Å². The second-order valence-electron chi connectivity index (χ2n) is 3.20. The van der Waals surface area contributed by atoms with E-state index in [2.05, 4.69) is 20.9 Å². The Morgan fingerprint density at radius 2 is 2.19 bits per heavy atom. The van der Waals surface area contributed by atoms with Crippen molar-refractivity contribution in [2.45, 2.75) is 0 Å². The quantitative estimate of drug-likeness (QED) is 0.749. The smallest absolute Gasteiger partial charge is 0.296 e. The number of hydrogen-bond donors (Lipinski definition) is 2. The molecule has 0 aliphatic carbocycles. The predicted octanol–water partition coefficient (Wildman–Crippen LogP) is -0.443. The molecular weight excluding hydrogens is 230 g/mol. The van der Waals surface area contributed by atoms with Gasteiger partial charge in [-0.3, -0.25) is 10.2 Å². The number of amides is 1. The van der Waals surface area contributed by atoms with Crippen LogP contribution in [0.3, 0.4) is 0 Å². The van der Waals surface area contributed by atoms with Gasteiger partial charge in [0.25, 0.3) is 5.91 Å². The van der Waals surface area contributed by atoms with Crippen LogP contribution in [0.25, 0.3) is 0 Å². The summed E-state index contributed by atoms with van der Waals surface area (Å²) < 4.78 is 5.18. The van der Waals surface area contributed by atoms with Crippen LogP contribution in [-0.2, 0) is 4.74 Å². The van der Waals surface area contributed by atoms with Gasteiger partial charge in [-0.1, -0.05) is 11.3 Å². The highest BCUT2D eigenvalue weighted by molar-refractivity contribution is 7.17.